The second kappa shape index (κ2) is 18.5. The van der Waals surface area contributed by atoms with Crippen molar-refractivity contribution in [3.8, 4) is 0 Å². The Morgan fingerprint density at radius 1 is 1.25 bits per heavy atom. The molecular weight excluding hydrogens is 316 g/mol. The predicted molar refractivity (Wildman–Crippen MR) is 6.44 cm³/mol. The third kappa shape index (κ3) is 8.85. The Hall–Kier alpha value is 2.31. The van der Waals surface area contributed by atoms with E-state index < -0.39 is 0 Å². The van der Waals surface area contributed by atoms with Crippen molar-refractivity contribution in [1.29, 1.82) is 0 Å². The fourth-order valence-electron chi connectivity index (χ4n) is 0. The minimum Gasteiger partial charge on any atom is 0 e. The molecule has 0 bridgehead atoms. The molecule has 0 aromatic carbocycles. The molecule has 0 aliphatic carbocycles. The molecule has 3 radical (unpaired) electrons. The van der Waals surface area contributed by atoms with E-state index in [0.717, 1.165) is 0 Å². The zero-order chi connectivity index (χ0) is 2.00. The molecule has 1 nitrogen and oxygen atoms in total. The van der Waals surface area contributed by atoms with E-state index in [1.807, 2.05) is 0 Å². The summed E-state index contributed by atoms with van der Waals surface area (Å²) >= 11 is 0.0556. The molecule has 0 aliphatic rings. The van der Waals surface area contributed by atoms with E-state index in [1.54, 1.807) is 0 Å². The van der Waals surface area contributed by atoms with Crippen LogP contribution in [0, 0.1) is 0 Å². The fraction of sp³-hybridized carbons (Fsp3) is 0. The molecule has 0 saturated carbocycles. The minimum absolute atomic E-state index is 0. The molecule has 0 rings (SSSR count). The van der Waals surface area contributed by atoms with E-state index in [1.165, 1.54) is 0 Å². The van der Waals surface area contributed by atoms with Crippen LogP contribution >= 0.6 is 0 Å². The first-order valence-electron chi connectivity index (χ1n) is 0.204. The van der Waals surface area contributed by atoms with Crippen molar-refractivity contribution in [3.63, 3.8) is 0 Å². The average Bonchev–Trinajstić information content (AvgIpc) is 1.00. The molecule has 0 unspecified atom stereocenters. The largest absolute Gasteiger partial charge is 0 e. The summed E-state index contributed by atoms with van der Waals surface area (Å²) in [6.07, 6.45) is 0. The third-order valence-electron chi connectivity index (χ3n) is 0. The molecule has 0 aliphatic heterocycles. The molecule has 0 spiro atoms. The van der Waals surface area contributed by atoms with E-state index >= 15 is 0 Å². The average molecular weight is 316 g/mol. The SMILES string of the molecule is [O]=[Pb].[Sc].[Ti]. The maximum Gasteiger partial charge on any atom is 0 e. The van der Waals surface area contributed by atoms with Gasteiger partial charge in [0, 0.05) is 47.6 Å². The van der Waals surface area contributed by atoms with Gasteiger partial charge in [0.1, 0.15) is 0 Å². The molecule has 4 heavy (non-hydrogen) atoms. The first-order chi connectivity index (χ1) is 1.00. The summed E-state index contributed by atoms with van der Waals surface area (Å²) in [5.41, 5.74) is 0. The Balaban J connectivity index is -0.00000000500. The molecule has 0 aromatic rings. The Morgan fingerprint density at radius 2 is 1.25 bits per heavy atom. The number of hydrogen-bond donors (Lipinski definition) is 0. The first-order valence-corrected chi connectivity index (χ1v) is 1.79. The quantitative estimate of drug-likeness (QED) is 0.551. The van der Waals surface area contributed by atoms with E-state index in [4.69, 9.17) is 2.69 Å². The summed E-state index contributed by atoms with van der Waals surface area (Å²) in [6.45, 7) is 0. The van der Waals surface area contributed by atoms with Crippen LogP contribution in [0.5, 0.6) is 0 Å². The van der Waals surface area contributed by atoms with Gasteiger partial charge in [-0.05, 0) is 0 Å². The van der Waals surface area contributed by atoms with Crippen molar-refractivity contribution in [2.45, 2.75) is 0 Å². The van der Waals surface area contributed by atoms with E-state index in [9.17, 15) is 0 Å². The van der Waals surface area contributed by atoms with Gasteiger partial charge in [0.2, 0.25) is 0 Å². The Labute approximate surface area is 74.7 Å². The zero-order valence-electron chi connectivity index (χ0n) is 1.99. The van der Waals surface area contributed by atoms with Crippen molar-refractivity contribution in [3.05, 3.63) is 0 Å². The van der Waals surface area contributed by atoms with Crippen molar-refractivity contribution >= 4 is 25.8 Å². The molecular formula is OPbScTi. The summed E-state index contributed by atoms with van der Waals surface area (Å²) in [4.78, 5) is 0. The Morgan fingerprint density at radius 3 is 1.25 bits per heavy atom. The van der Waals surface area contributed by atoms with Crippen LogP contribution in [-0.2, 0) is 50.2 Å². The number of hydrogen-bond acceptors (Lipinski definition) is 1. The van der Waals surface area contributed by atoms with Gasteiger partial charge in [0.25, 0.3) is 0 Å². The second-order valence-electron chi connectivity index (χ2n) is 0. The van der Waals surface area contributed by atoms with Crippen molar-refractivity contribution in [2.75, 3.05) is 0 Å². The number of rotatable bonds is 0. The van der Waals surface area contributed by atoms with Gasteiger partial charge in [-0.1, -0.05) is 0 Å². The molecule has 0 heterocycles. The minimum atomic E-state index is 0. The van der Waals surface area contributed by atoms with Gasteiger partial charge in [0.15, 0.2) is 0 Å². The summed E-state index contributed by atoms with van der Waals surface area (Å²) < 4.78 is 8.39. The topological polar surface area (TPSA) is 17.1 Å². The van der Waals surface area contributed by atoms with E-state index in [-0.39, 0.29) is 73.3 Å². The molecule has 4 heteroatoms. The monoisotopic (exact) mass is 317 g/mol. The van der Waals surface area contributed by atoms with Crippen LogP contribution in [0.15, 0.2) is 0 Å². The van der Waals surface area contributed by atoms with Crippen LogP contribution in [0.2, 0.25) is 0 Å². The summed E-state index contributed by atoms with van der Waals surface area (Å²) in [5, 5.41) is 0. The Kier molecular flexibility index (Phi) is 75.1. The standard InChI is InChI=1S/O.Pb.Sc.Ti. The fourth-order valence-corrected chi connectivity index (χ4v) is 0. The molecule has 0 atom stereocenters. The first kappa shape index (κ1) is 16.2. The Bertz CT molecular complexity index is 8.00. The van der Waals surface area contributed by atoms with Gasteiger partial charge in [-0.25, -0.2) is 0 Å². The summed E-state index contributed by atoms with van der Waals surface area (Å²) in [6, 6.07) is 0. The smallest absolute Gasteiger partial charge is 0 e. The van der Waals surface area contributed by atoms with Gasteiger partial charge in [-0.3, -0.25) is 0 Å². The van der Waals surface area contributed by atoms with Crippen molar-refractivity contribution in [2.24, 2.45) is 0 Å². The molecule has 0 fully saturated rings. The molecule has 0 N–H and O–H groups in total. The van der Waals surface area contributed by atoms with Gasteiger partial charge in [0.05, 0.1) is 0 Å². The van der Waals surface area contributed by atoms with Gasteiger partial charge in [-0.15, -0.1) is 0 Å². The second-order valence-corrected chi connectivity index (χ2v) is 0. The van der Waals surface area contributed by atoms with Gasteiger partial charge >= 0.3 is 28.5 Å². The van der Waals surface area contributed by atoms with E-state index in [2.05, 4.69) is 0 Å². The molecule has 0 amide bonds. The van der Waals surface area contributed by atoms with Crippen molar-refractivity contribution in [1.82, 2.24) is 0 Å². The molecule has 0 aromatic heterocycles. The normalized spacial score (nSPS) is 1.00. The van der Waals surface area contributed by atoms with Crippen LogP contribution in [0.3, 0.4) is 0 Å². The molecule has 17 valence electrons. The maximum absolute atomic E-state index is 8.39. The predicted octanol–water partition coefficient (Wildman–Crippen LogP) is -0.505. The van der Waals surface area contributed by atoms with E-state index in [0.29, 0.717) is 0 Å². The van der Waals surface area contributed by atoms with Gasteiger partial charge < -0.3 is 0 Å². The van der Waals surface area contributed by atoms with Crippen LogP contribution in [0.1, 0.15) is 0 Å². The van der Waals surface area contributed by atoms with Crippen LogP contribution in [0.25, 0.3) is 0 Å². The van der Waals surface area contributed by atoms with Gasteiger partial charge in [-0.2, -0.15) is 0 Å². The maximum atomic E-state index is 8.39. The van der Waals surface area contributed by atoms with Crippen LogP contribution in [0.4, 0.5) is 0 Å². The zero-order valence-corrected chi connectivity index (χ0v) is 9.24. The van der Waals surface area contributed by atoms with Crippen LogP contribution in [-0.4, -0.2) is 25.8 Å². The van der Waals surface area contributed by atoms with Crippen LogP contribution < -0.4 is 0 Å². The summed E-state index contributed by atoms with van der Waals surface area (Å²) in [7, 11) is 0. The summed E-state index contributed by atoms with van der Waals surface area (Å²) in [5.74, 6) is 0. The van der Waals surface area contributed by atoms with Crippen molar-refractivity contribution < 1.29 is 50.2 Å². The molecule has 0 saturated heterocycles. The third-order valence-corrected chi connectivity index (χ3v) is 0.